The Morgan fingerprint density at radius 2 is 1.77 bits per heavy atom. The van der Waals surface area contributed by atoms with Crippen LogP contribution in [0.2, 0.25) is 0 Å². The van der Waals surface area contributed by atoms with E-state index in [1.807, 2.05) is 56.3 Å². The molecule has 2 aromatic rings. The number of ether oxygens (including phenoxy) is 1. The summed E-state index contributed by atoms with van der Waals surface area (Å²) in [5.74, 6) is -0.726. The maximum absolute atomic E-state index is 12.0. The van der Waals surface area contributed by atoms with Crippen LogP contribution in [0.4, 0.5) is 0 Å². The molecule has 0 aliphatic carbocycles. The number of nitrogens with one attached hydrogen (secondary N) is 1. The van der Waals surface area contributed by atoms with Gasteiger partial charge in [-0.2, -0.15) is 0 Å². The zero-order chi connectivity index (χ0) is 15.9. The lowest BCUT2D eigenvalue weighted by molar-refractivity contribution is -0.143. The summed E-state index contributed by atoms with van der Waals surface area (Å²) in [6.07, 6.45) is 0. The van der Waals surface area contributed by atoms with Crippen molar-refractivity contribution in [1.29, 1.82) is 0 Å². The van der Waals surface area contributed by atoms with Gasteiger partial charge < -0.3 is 10.1 Å². The third-order valence-electron chi connectivity index (χ3n) is 3.26. The molecule has 0 unspecified atom stereocenters. The van der Waals surface area contributed by atoms with Gasteiger partial charge in [-0.25, -0.2) is 0 Å². The zero-order valence-corrected chi connectivity index (χ0v) is 12.8. The van der Waals surface area contributed by atoms with Crippen molar-refractivity contribution >= 4 is 11.9 Å². The molecule has 0 heterocycles. The largest absolute Gasteiger partial charge is 0.460 e. The van der Waals surface area contributed by atoms with E-state index in [0.29, 0.717) is 5.56 Å². The Kier molecular flexibility index (Phi) is 5.31. The van der Waals surface area contributed by atoms with Crippen LogP contribution in [0.5, 0.6) is 0 Å². The highest BCUT2D eigenvalue weighted by molar-refractivity contribution is 5.97. The Morgan fingerprint density at radius 1 is 1.05 bits per heavy atom. The van der Waals surface area contributed by atoms with Gasteiger partial charge in [0, 0.05) is 5.56 Å². The van der Waals surface area contributed by atoms with Gasteiger partial charge in [-0.15, -0.1) is 0 Å². The fraction of sp³-hybridized carbons (Fsp3) is 0.222. The minimum Gasteiger partial charge on any atom is -0.460 e. The molecule has 4 nitrogen and oxygen atoms in total. The van der Waals surface area contributed by atoms with Crippen LogP contribution in [0, 0.1) is 13.8 Å². The molecule has 0 atom stereocenters. The Labute approximate surface area is 130 Å². The average molecular weight is 297 g/mol. The van der Waals surface area contributed by atoms with E-state index in [1.165, 1.54) is 0 Å². The van der Waals surface area contributed by atoms with Crippen LogP contribution in [-0.2, 0) is 16.1 Å². The number of hydrogen-bond acceptors (Lipinski definition) is 3. The molecule has 0 saturated carbocycles. The molecule has 2 aromatic carbocycles. The fourth-order valence-electron chi connectivity index (χ4n) is 2.11. The van der Waals surface area contributed by atoms with Gasteiger partial charge in [-0.05, 0) is 31.0 Å². The van der Waals surface area contributed by atoms with Crippen LogP contribution in [0.3, 0.4) is 0 Å². The number of carbonyl (C=O) groups excluding carboxylic acids is 2. The third kappa shape index (κ3) is 4.45. The topological polar surface area (TPSA) is 55.4 Å². The maximum atomic E-state index is 12.0. The highest BCUT2D eigenvalue weighted by Crippen LogP contribution is 2.10. The highest BCUT2D eigenvalue weighted by atomic mass is 16.5. The van der Waals surface area contributed by atoms with Gasteiger partial charge in [0.2, 0.25) is 0 Å². The van der Waals surface area contributed by atoms with Crippen molar-refractivity contribution in [3.8, 4) is 0 Å². The first-order valence-electron chi connectivity index (χ1n) is 7.11. The standard InChI is InChI=1S/C18H19NO3/c1-13-8-9-16(14(2)10-13)18(21)19-11-17(20)22-12-15-6-4-3-5-7-15/h3-10H,11-12H2,1-2H3,(H,19,21). The highest BCUT2D eigenvalue weighted by Gasteiger charge is 2.11. The van der Waals surface area contributed by atoms with Gasteiger partial charge in [0.1, 0.15) is 13.2 Å². The molecular formula is C18H19NO3. The summed E-state index contributed by atoms with van der Waals surface area (Å²) in [7, 11) is 0. The van der Waals surface area contributed by atoms with Crippen molar-refractivity contribution in [3.05, 3.63) is 70.8 Å². The van der Waals surface area contributed by atoms with E-state index < -0.39 is 5.97 Å². The maximum Gasteiger partial charge on any atom is 0.325 e. The summed E-state index contributed by atoms with van der Waals surface area (Å²) in [6, 6.07) is 15.0. The Morgan fingerprint density at radius 3 is 2.45 bits per heavy atom. The molecule has 0 aliphatic rings. The molecule has 0 spiro atoms. The average Bonchev–Trinajstić information content (AvgIpc) is 2.51. The minimum absolute atomic E-state index is 0.140. The second-order valence-electron chi connectivity index (χ2n) is 5.15. The fourth-order valence-corrected chi connectivity index (χ4v) is 2.11. The normalized spacial score (nSPS) is 10.1. The van der Waals surface area contributed by atoms with Crippen LogP contribution in [0.1, 0.15) is 27.0 Å². The van der Waals surface area contributed by atoms with Gasteiger partial charge in [0.25, 0.3) is 5.91 Å². The molecular weight excluding hydrogens is 278 g/mol. The molecule has 0 saturated heterocycles. The second kappa shape index (κ2) is 7.41. The molecule has 1 N–H and O–H groups in total. The van der Waals surface area contributed by atoms with E-state index in [-0.39, 0.29) is 19.1 Å². The molecule has 0 aliphatic heterocycles. The molecule has 114 valence electrons. The number of rotatable bonds is 5. The lowest BCUT2D eigenvalue weighted by Gasteiger charge is -2.09. The molecule has 22 heavy (non-hydrogen) atoms. The van der Waals surface area contributed by atoms with Crippen LogP contribution in [-0.4, -0.2) is 18.4 Å². The second-order valence-corrected chi connectivity index (χ2v) is 5.15. The summed E-state index contributed by atoms with van der Waals surface area (Å²) in [4.78, 5) is 23.7. The van der Waals surface area contributed by atoms with E-state index in [9.17, 15) is 9.59 Å². The van der Waals surface area contributed by atoms with E-state index in [4.69, 9.17) is 4.74 Å². The van der Waals surface area contributed by atoms with E-state index in [0.717, 1.165) is 16.7 Å². The first-order valence-corrected chi connectivity index (χ1v) is 7.11. The van der Waals surface area contributed by atoms with Gasteiger partial charge in [-0.3, -0.25) is 9.59 Å². The molecule has 0 bridgehead atoms. The molecule has 0 aromatic heterocycles. The summed E-state index contributed by atoms with van der Waals surface area (Å²) in [6.45, 7) is 3.91. The van der Waals surface area contributed by atoms with Gasteiger partial charge in [-0.1, -0.05) is 48.0 Å². The van der Waals surface area contributed by atoms with Gasteiger partial charge >= 0.3 is 5.97 Å². The molecule has 2 rings (SSSR count). The smallest absolute Gasteiger partial charge is 0.325 e. The Balaban J connectivity index is 1.82. The number of amides is 1. The first-order chi connectivity index (χ1) is 10.6. The van der Waals surface area contributed by atoms with E-state index in [1.54, 1.807) is 6.07 Å². The van der Waals surface area contributed by atoms with Crippen LogP contribution >= 0.6 is 0 Å². The van der Waals surface area contributed by atoms with Crippen molar-refractivity contribution in [3.63, 3.8) is 0 Å². The monoisotopic (exact) mass is 297 g/mol. The molecule has 1 amide bonds. The molecule has 0 fully saturated rings. The van der Waals surface area contributed by atoms with Crippen molar-refractivity contribution in [2.45, 2.75) is 20.5 Å². The number of carbonyl (C=O) groups is 2. The van der Waals surface area contributed by atoms with Crippen LogP contribution in [0.15, 0.2) is 48.5 Å². The van der Waals surface area contributed by atoms with E-state index in [2.05, 4.69) is 5.32 Å². The Hall–Kier alpha value is -2.62. The van der Waals surface area contributed by atoms with Crippen molar-refractivity contribution in [2.24, 2.45) is 0 Å². The zero-order valence-electron chi connectivity index (χ0n) is 12.8. The first kappa shape index (κ1) is 15.8. The Bertz CT molecular complexity index is 665. The third-order valence-corrected chi connectivity index (χ3v) is 3.26. The lowest BCUT2D eigenvalue weighted by atomic mass is 10.1. The summed E-state index contributed by atoms with van der Waals surface area (Å²) < 4.78 is 5.11. The number of esters is 1. The predicted octanol–water partition coefficient (Wildman–Crippen LogP) is 2.78. The van der Waals surface area contributed by atoms with Gasteiger partial charge in [0.05, 0.1) is 0 Å². The van der Waals surface area contributed by atoms with Crippen molar-refractivity contribution in [1.82, 2.24) is 5.32 Å². The summed E-state index contributed by atoms with van der Waals surface area (Å²) >= 11 is 0. The number of aryl methyl sites for hydroxylation is 2. The molecule has 0 radical (unpaired) electrons. The van der Waals surface area contributed by atoms with Crippen molar-refractivity contribution < 1.29 is 14.3 Å². The van der Waals surface area contributed by atoms with E-state index >= 15 is 0 Å². The summed E-state index contributed by atoms with van der Waals surface area (Å²) in [5.41, 5.74) is 3.46. The molecule has 4 heteroatoms. The predicted molar refractivity (Wildman–Crippen MR) is 84.5 cm³/mol. The quantitative estimate of drug-likeness (QED) is 0.863. The lowest BCUT2D eigenvalue weighted by Crippen LogP contribution is -2.31. The number of benzene rings is 2. The van der Waals surface area contributed by atoms with Gasteiger partial charge in [0.15, 0.2) is 0 Å². The van der Waals surface area contributed by atoms with Crippen LogP contribution in [0.25, 0.3) is 0 Å². The SMILES string of the molecule is Cc1ccc(C(=O)NCC(=O)OCc2ccccc2)c(C)c1. The number of hydrogen-bond donors (Lipinski definition) is 1. The van der Waals surface area contributed by atoms with Crippen molar-refractivity contribution in [2.75, 3.05) is 6.54 Å². The van der Waals surface area contributed by atoms with Crippen LogP contribution < -0.4 is 5.32 Å². The minimum atomic E-state index is -0.457. The summed E-state index contributed by atoms with van der Waals surface area (Å²) in [5, 5.41) is 2.58.